The largest absolute Gasteiger partial charge is 0.327 e. The van der Waals surface area contributed by atoms with Gasteiger partial charge in [0.2, 0.25) is 0 Å². The fraction of sp³-hybridized carbons (Fsp3) is 0.800. The summed E-state index contributed by atoms with van der Waals surface area (Å²) in [5.41, 5.74) is 7.29. The second-order valence-corrected chi connectivity index (χ2v) is 6.27. The maximum absolute atomic E-state index is 6.00. The molecule has 3 atom stereocenters. The van der Waals surface area contributed by atoms with E-state index in [-0.39, 0.29) is 6.04 Å². The molecule has 0 aromatic carbocycles. The zero-order valence-electron chi connectivity index (χ0n) is 12.0. The topological polar surface area (TPSA) is 43.8 Å². The molecule has 1 aliphatic rings. The minimum atomic E-state index is 0.270. The molecule has 1 saturated carbocycles. The molecule has 0 radical (unpaired) electrons. The van der Waals surface area contributed by atoms with Crippen molar-refractivity contribution in [2.75, 3.05) is 0 Å². The lowest BCUT2D eigenvalue weighted by Gasteiger charge is -2.31. The van der Waals surface area contributed by atoms with Gasteiger partial charge < -0.3 is 5.73 Å². The van der Waals surface area contributed by atoms with Gasteiger partial charge in [-0.1, -0.05) is 20.8 Å². The molecule has 1 aliphatic carbocycles. The molecule has 18 heavy (non-hydrogen) atoms. The molecule has 0 amide bonds. The zero-order chi connectivity index (χ0) is 13.1. The average Bonchev–Trinajstić information content (AvgIpc) is 2.76. The lowest BCUT2D eigenvalue weighted by molar-refractivity contribution is 0.210. The van der Waals surface area contributed by atoms with Crippen molar-refractivity contribution in [1.29, 1.82) is 0 Å². The van der Waals surface area contributed by atoms with Crippen LogP contribution in [-0.4, -0.2) is 15.8 Å². The van der Waals surface area contributed by atoms with Crippen LogP contribution in [-0.2, 0) is 6.42 Å². The van der Waals surface area contributed by atoms with E-state index in [4.69, 9.17) is 5.73 Å². The van der Waals surface area contributed by atoms with E-state index in [1.54, 1.807) is 0 Å². The predicted octanol–water partition coefficient (Wildman–Crippen LogP) is 3.16. The van der Waals surface area contributed by atoms with E-state index in [0.717, 1.165) is 24.7 Å². The van der Waals surface area contributed by atoms with E-state index in [2.05, 4.69) is 36.7 Å². The van der Waals surface area contributed by atoms with Crippen LogP contribution >= 0.6 is 0 Å². The quantitative estimate of drug-likeness (QED) is 0.890. The van der Waals surface area contributed by atoms with Crippen molar-refractivity contribution in [3.05, 3.63) is 18.0 Å². The minimum absolute atomic E-state index is 0.270. The van der Waals surface area contributed by atoms with E-state index in [9.17, 15) is 0 Å². The SMILES string of the molecule is CCC(N)Cc1cnn(C2CC(C)CC(C)C2)c1. The van der Waals surface area contributed by atoms with Crippen LogP contribution in [0.15, 0.2) is 12.4 Å². The number of hydrogen-bond donors (Lipinski definition) is 1. The highest BCUT2D eigenvalue weighted by Crippen LogP contribution is 2.35. The first-order chi connectivity index (χ1) is 8.58. The third-order valence-corrected chi connectivity index (χ3v) is 4.20. The number of aromatic nitrogens is 2. The van der Waals surface area contributed by atoms with Crippen LogP contribution in [0.1, 0.15) is 58.1 Å². The van der Waals surface area contributed by atoms with Crippen LogP contribution in [0, 0.1) is 11.8 Å². The van der Waals surface area contributed by atoms with Gasteiger partial charge in [-0.05, 0) is 49.5 Å². The van der Waals surface area contributed by atoms with Gasteiger partial charge in [-0.3, -0.25) is 4.68 Å². The van der Waals surface area contributed by atoms with Gasteiger partial charge in [-0.2, -0.15) is 5.10 Å². The third kappa shape index (κ3) is 3.35. The Balaban J connectivity index is 2.00. The Morgan fingerprint density at radius 1 is 1.33 bits per heavy atom. The molecule has 2 N–H and O–H groups in total. The van der Waals surface area contributed by atoms with E-state index in [0.29, 0.717) is 6.04 Å². The molecule has 2 rings (SSSR count). The molecule has 1 aromatic rings. The fourth-order valence-electron chi connectivity index (χ4n) is 3.25. The predicted molar refractivity (Wildman–Crippen MR) is 75.4 cm³/mol. The number of hydrogen-bond acceptors (Lipinski definition) is 2. The molecule has 1 aromatic heterocycles. The normalized spacial score (nSPS) is 30.3. The monoisotopic (exact) mass is 249 g/mol. The Labute approximate surface area is 111 Å². The van der Waals surface area contributed by atoms with Gasteiger partial charge in [0.25, 0.3) is 0 Å². The molecular weight excluding hydrogens is 222 g/mol. The van der Waals surface area contributed by atoms with Crippen molar-refractivity contribution < 1.29 is 0 Å². The number of nitrogens with zero attached hydrogens (tertiary/aromatic N) is 2. The highest BCUT2D eigenvalue weighted by Gasteiger charge is 2.25. The van der Waals surface area contributed by atoms with Gasteiger partial charge in [-0.25, -0.2) is 0 Å². The standard InChI is InChI=1S/C15H27N3/c1-4-14(16)8-13-9-17-18(10-13)15-6-11(2)5-12(3)7-15/h9-12,14-15H,4-8,16H2,1-3H3. The van der Waals surface area contributed by atoms with Crippen LogP contribution < -0.4 is 5.73 Å². The second kappa shape index (κ2) is 5.87. The van der Waals surface area contributed by atoms with Crippen molar-refractivity contribution in [3.8, 4) is 0 Å². The van der Waals surface area contributed by atoms with E-state index < -0.39 is 0 Å². The molecule has 1 heterocycles. The smallest absolute Gasteiger partial charge is 0.0524 e. The molecule has 3 unspecified atom stereocenters. The van der Waals surface area contributed by atoms with Gasteiger partial charge in [0.1, 0.15) is 0 Å². The molecule has 3 heteroatoms. The van der Waals surface area contributed by atoms with Crippen LogP contribution in [0.2, 0.25) is 0 Å². The average molecular weight is 249 g/mol. The number of nitrogens with two attached hydrogens (primary N) is 1. The Morgan fingerprint density at radius 2 is 2.00 bits per heavy atom. The van der Waals surface area contributed by atoms with Crippen molar-refractivity contribution in [1.82, 2.24) is 9.78 Å². The maximum atomic E-state index is 6.00. The molecule has 0 saturated heterocycles. The van der Waals surface area contributed by atoms with Crippen molar-refractivity contribution in [2.24, 2.45) is 17.6 Å². The summed E-state index contributed by atoms with van der Waals surface area (Å²) in [5.74, 6) is 1.65. The highest BCUT2D eigenvalue weighted by molar-refractivity contribution is 5.06. The van der Waals surface area contributed by atoms with Gasteiger partial charge in [-0.15, -0.1) is 0 Å². The van der Waals surface area contributed by atoms with Crippen LogP contribution in [0.5, 0.6) is 0 Å². The molecule has 0 aliphatic heterocycles. The van der Waals surface area contributed by atoms with E-state index >= 15 is 0 Å². The number of rotatable bonds is 4. The highest BCUT2D eigenvalue weighted by atomic mass is 15.3. The molecule has 3 nitrogen and oxygen atoms in total. The van der Waals surface area contributed by atoms with Crippen molar-refractivity contribution in [3.63, 3.8) is 0 Å². The van der Waals surface area contributed by atoms with Crippen LogP contribution in [0.3, 0.4) is 0 Å². The zero-order valence-corrected chi connectivity index (χ0v) is 12.0. The first-order valence-corrected chi connectivity index (χ1v) is 7.37. The van der Waals surface area contributed by atoms with Gasteiger partial charge >= 0.3 is 0 Å². The van der Waals surface area contributed by atoms with Gasteiger partial charge in [0, 0.05) is 12.2 Å². The summed E-state index contributed by atoms with van der Waals surface area (Å²) in [4.78, 5) is 0. The summed E-state index contributed by atoms with van der Waals surface area (Å²) in [6.07, 6.45) is 10.1. The van der Waals surface area contributed by atoms with E-state index in [1.807, 2.05) is 6.20 Å². The molecule has 102 valence electrons. The lowest BCUT2D eigenvalue weighted by Crippen LogP contribution is -2.23. The summed E-state index contributed by atoms with van der Waals surface area (Å²) >= 11 is 0. The Bertz CT molecular complexity index is 362. The van der Waals surface area contributed by atoms with Crippen molar-refractivity contribution >= 4 is 0 Å². The Hall–Kier alpha value is -0.830. The first kappa shape index (κ1) is 13.6. The van der Waals surface area contributed by atoms with Crippen LogP contribution in [0.25, 0.3) is 0 Å². The fourth-order valence-corrected chi connectivity index (χ4v) is 3.25. The molecule has 0 bridgehead atoms. The summed E-state index contributed by atoms with van der Waals surface area (Å²) in [5, 5.41) is 4.56. The molecule has 0 spiro atoms. The summed E-state index contributed by atoms with van der Waals surface area (Å²) in [6.45, 7) is 6.86. The van der Waals surface area contributed by atoms with Gasteiger partial charge in [0.05, 0.1) is 12.2 Å². The van der Waals surface area contributed by atoms with Crippen molar-refractivity contribution in [2.45, 2.75) is 65.0 Å². The third-order valence-electron chi connectivity index (χ3n) is 4.20. The van der Waals surface area contributed by atoms with Crippen LogP contribution in [0.4, 0.5) is 0 Å². The second-order valence-electron chi connectivity index (χ2n) is 6.27. The first-order valence-electron chi connectivity index (χ1n) is 7.37. The van der Waals surface area contributed by atoms with E-state index in [1.165, 1.54) is 24.8 Å². The Morgan fingerprint density at radius 3 is 2.61 bits per heavy atom. The minimum Gasteiger partial charge on any atom is -0.327 e. The Kier molecular flexibility index (Phi) is 4.44. The maximum Gasteiger partial charge on any atom is 0.0524 e. The van der Waals surface area contributed by atoms with Gasteiger partial charge in [0.15, 0.2) is 0 Å². The molecule has 1 fully saturated rings. The molecular formula is C15H27N3. The summed E-state index contributed by atoms with van der Waals surface area (Å²) in [6, 6.07) is 0.863. The summed E-state index contributed by atoms with van der Waals surface area (Å²) in [7, 11) is 0. The lowest BCUT2D eigenvalue weighted by atomic mass is 9.80. The summed E-state index contributed by atoms with van der Waals surface area (Å²) < 4.78 is 2.18.